The van der Waals surface area contributed by atoms with Gasteiger partial charge in [-0.25, -0.2) is 0 Å². The SMILES string of the molecule is CC(C)C(NC(=O)c1ccc(C(C)(C)C)cc1)C(=O)N1CC[C@@H]2CNC[C@@H]2CC1. The third kappa shape index (κ3) is 5.19. The quantitative estimate of drug-likeness (QED) is 0.817. The number of benzene rings is 1. The van der Waals surface area contributed by atoms with Gasteiger partial charge in [-0.3, -0.25) is 9.59 Å². The van der Waals surface area contributed by atoms with Crippen LogP contribution >= 0.6 is 0 Å². The van der Waals surface area contributed by atoms with Gasteiger partial charge in [0.05, 0.1) is 0 Å². The zero-order chi connectivity index (χ0) is 21.2. The smallest absolute Gasteiger partial charge is 0.251 e. The minimum atomic E-state index is -0.485. The van der Waals surface area contributed by atoms with Crippen molar-refractivity contribution in [1.82, 2.24) is 15.5 Å². The van der Waals surface area contributed by atoms with E-state index in [0.717, 1.165) is 39.0 Å². The molecule has 2 aliphatic heterocycles. The molecule has 1 aromatic rings. The molecular formula is C24H37N3O2. The van der Waals surface area contributed by atoms with Gasteiger partial charge in [0, 0.05) is 18.7 Å². The van der Waals surface area contributed by atoms with Crippen molar-refractivity contribution in [2.45, 2.75) is 58.9 Å². The normalized spacial score (nSPS) is 23.4. The van der Waals surface area contributed by atoms with Crippen molar-refractivity contribution < 1.29 is 9.59 Å². The highest BCUT2D eigenvalue weighted by atomic mass is 16.2. The van der Waals surface area contributed by atoms with Crippen LogP contribution in [0.2, 0.25) is 0 Å². The van der Waals surface area contributed by atoms with E-state index in [4.69, 9.17) is 0 Å². The fourth-order valence-electron chi connectivity index (χ4n) is 4.49. The molecule has 0 radical (unpaired) electrons. The number of nitrogens with zero attached hydrogens (tertiary/aromatic N) is 1. The lowest BCUT2D eigenvalue weighted by atomic mass is 9.86. The standard InChI is InChI=1S/C24H37N3O2/c1-16(2)21(23(29)27-12-10-18-14-25-15-19(18)11-13-27)26-22(28)17-6-8-20(9-7-17)24(3,4)5/h6-9,16,18-19,21,25H,10-15H2,1-5H3,(H,26,28)/t18-,19+,21?. The molecule has 1 unspecified atom stereocenters. The summed E-state index contributed by atoms with van der Waals surface area (Å²) in [4.78, 5) is 28.1. The number of hydrogen-bond acceptors (Lipinski definition) is 3. The number of rotatable bonds is 4. The molecule has 2 amide bonds. The predicted octanol–water partition coefficient (Wildman–Crippen LogP) is 3.20. The van der Waals surface area contributed by atoms with Gasteiger partial charge in [0.25, 0.3) is 5.91 Å². The van der Waals surface area contributed by atoms with Crippen molar-refractivity contribution in [2.24, 2.45) is 17.8 Å². The Hall–Kier alpha value is -1.88. The van der Waals surface area contributed by atoms with E-state index in [1.54, 1.807) is 0 Å². The minimum Gasteiger partial charge on any atom is -0.341 e. The Labute approximate surface area is 175 Å². The number of hydrogen-bond donors (Lipinski definition) is 2. The third-order valence-corrected chi connectivity index (χ3v) is 6.56. The first-order valence-corrected chi connectivity index (χ1v) is 11.1. The second kappa shape index (κ2) is 8.86. The Morgan fingerprint density at radius 1 is 1.03 bits per heavy atom. The number of carbonyl (C=O) groups is 2. The second-order valence-corrected chi connectivity index (χ2v) is 10.1. The number of likely N-dealkylation sites (tertiary alicyclic amines) is 1. The molecule has 160 valence electrons. The van der Waals surface area contributed by atoms with E-state index in [1.165, 1.54) is 5.56 Å². The van der Waals surface area contributed by atoms with Crippen molar-refractivity contribution in [1.29, 1.82) is 0 Å². The Bertz CT molecular complexity index is 707. The average molecular weight is 400 g/mol. The Morgan fingerprint density at radius 3 is 2.07 bits per heavy atom. The average Bonchev–Trinajstić information content (AvgIpc) is 3.03. The highest BCUT2D eigenvalue weighted by Gasteiger charge is 2.34. The van der Waals surface area contributed by atoms with E-state index >= 15 is 0 Å². The van der Waals surface area contributed by atoms with Crippen LogP contribution in [-0.2, 0) is 10.2 Å². The fraction of sp³-hybridized carbons (Fsp3) is 0.667. The maximum atomic E-state index is 13.3. The van der Waals surface area contributed by atoms with Gasteiger partial charge in [0.15, 0.2) is 0 Å². The van der Waals surface area contributed by atoms with Crippen molar-refractivity contribution in [3.63, 3.8) is 0 Å². The molecule has 0 saturated carbocycles. The molecule has 0 spiro atoms. The molecule has 0 bridgehead atoms. The van der Waals surface area contributed by atoms with Crippen LogP contribution in [0.25, 0.3) is 0 Å². The van der Waals surface area contributed by atoms with Crippen molar-refractivity contribution in [2.75, 3.05) is 26.2 Å². The van der Waals surface area contributed by atoms with Gasteiger partial charge < -0.3 is 15.5 Å². The molecule has 0 aliphatic carbocycles. The summed E-state index contributed by atoms with van der Waals surface area (Å²) in [6, 6.07) is 7.24. The lowest BCUT2D eigenvalue weighted by Gasteiger charge is -2.29. The van der Waals surface area contributed by atoms with Gasteiger partial charge in [0.2, 0.25) is 5.91 Å². The highest BCUT2D eigenvalue weighted by Crippen LogP contribution is 2.28. The zero-order valence-corrected chi connectivity index (χ0v) is 18.6. The predicted molar refractivity (Wildman–Crippen MR) is 117 cm³/mol. The summed E-state index contributed by atoms with van der Waals surface area (Å²) in [5.74, 6) is 1.30. The summed E-state index contributed by atoms with van der Waals surface area (Å²) in [7, 11) is 0. The van der Waals surface area contributed by atoms with Crippen LogP contribution < -0.4 is 10.6 Å². The van der Waals surface area contributed by atoms with Gasteiger partial charge in [-0.1, -0.05) is 46.8 Å². The van der Waals surface area contributed by atoms with Gasteiger partial charge in [0.1, 0.15) is 6.04 Å². The summed E-state index contributed by atoms with van der Waals surface area (Å²) >= 11 is 0. The molecule has 2 N–H and O–H groups in total. The molecule has 2 fully saturated rings. The molecule has 2 saturated heterocycles. The topological polar surface area (TPSA) is 61.4 Å². The molecular weight excluding hydrogens is 362 g/mol. The lowest BCUT2D eigenvalue weighted by molar-refractivity contribution is -0.134. The van der Waals surface area contributed by atoms with Crippen molar-refractivity contribution >= 4 is 11.8 Å². The van der Waals surface area contributed by atoms with E-state index < -0.39 is 6.04 Å². The molecule has 2 heterocycles. The Morgan fingerprint density at radius 2 is 1.59 bits per heavy atom. The maximum Gasteiger partial charge on any atom is 0.251 e. The lowest BCUT2D eigenvalue weighted by Crippen LogP contribution is -2.51. The Balaban J connectivity index is 1.66. The molecule has 2 aliphatic rings. The summed E-state index contributed by atoms with van der Waals surface area (Å²) in [5.41, 5.74) is 1.84. The van der Waals surface area contributed by atoms with E-state index in [0.29, 0.717) is 17.4 Å². The first-order chi connectivity index (χ1) is 13.7. The van der Waals surface area contributed by atoms with Crippen LogP contribution in [0.4, 0.5) is 0 Å². The molecule has 1 aromatic carbocycles. The van der Waals surface area contributed by atoms with E-state index in [-0.39, 0.29) is 23.1 Å². The number of carbonyl (C=O) groups excluding carboxylic acids is 2. The third-order valence-electron chi connectivity index (χ3n) is 6.56. The maximum absolute atomic E-state index is 13.3. The Kier molecular flexibility index (Phi) is 6.67. The summed E-state index contributed by atoms with van der Waals surface area (Å²) in [5, 5.41) is 6.49. The fourth-order valence-corrected chi connectivity index (χ4v) is 4.49. The van der Waals surface area contributed by atoms with Crippen LogP contribution in [0.5, 0.6) is 0 Å². The van der Waals surface area contributed by atoms with E-state index in [2.05, 4.69) is 31.4 Å². The van der Waals surface area contributed by atoms with E-state index in [9.17, 15) is 9.59 Å². The first kappa shape index (κ1) is 21.8. The molecule has 0 aromatic heterocycles. The van der Waals surface area contributed by atoms with Crippen molar-refractivity contribution in [3.8, 4) is 0 Å². The van der Waals surface area contributed by atoms with Crippen LogP contribution in [0.1, 0.15) is 63.4 Å². The van der Waals surface area contributed by atoms with Crippen LogP contribution in [0, 0.1) is 17.8 Å². The molecule has 5 heteroatoms. The summed E-state index contributed by atoms with van der Waals surface area (Å²) in [6.45, 7) is 14.2. The zero-order valence-electron chi connectivity index (χ0n) is 18.6. The second-order valence-electron chi connectivity index (χ2n) is 10.1. The van der Waals surface area contributed by atoms with Gasteiger partial charge in [-0.05, 0) is 66.8 Å². The van der Waals surface area contributed by atoms with E-state index in [1.807, 2.05) is 43.0 Å². The largest absolute Gasteiger partial charge is 0.341 e. The summed E-state index contributed by atoms with van der Waals surface area (Å²) in [6.07, 6.45) is 2.10. The highest BCUT2D eigenvalue weighted by molar-refractivity contribution is 5.97. The molecule has 29 heavy (non-hydrogen) atoms. The van der Waals surface area contributed by atoms with Gasteiger partial charge >= 0.3 is 0 Å². The number of amides is 2. The summed E-state index contributed by atoms with van der Waals surface area (Å²) < 4.78 is 0. The van der Waals surface area contributed by atoms with Crippen LogP contribution in [0.3, 0.4) is 0 Å². The number of fused-ring (bicyclic) bond motifs is 1. The molecule has 5 nitrogen and oxygen atoms in total. The molecule has 3 rings (SSSR count). The first-order valence-electron chi connectivity index (χ1n) is 11.1. The van der Waals surface area contributed by atoms with Crippen LogP contribution in [0.15, 0.2) is 24.3 Å². The number of nitrogens with one attached hydrogen (secondary N) is 2. The van der Waals surface area contributed by atoms with Gasteiger partial charge in [-0.15, -0.1) is 0 Å². The monoisotopic (exact) mass is 399 g/mol. The van der Waals surface area contributed by atoms with Gasteiger partial charge in [-0.2, -0.15) is 0 Å². The minimum absolute atomic E-state index is 0.0460. The molecule has 3 atom stereocenters. The van der Waals surface area contributed by atoms with Crippen molar-refractivity contribution in [3.05, 3.63) is 35.4 Å². The van der Waals surface area contributed by atoms with Crippen LogP contribution in [-0.4, -0.2) is 48.9 Å².